The summed E-state index contributed by atoms with van der Waals surface area (Å²) in [4.78, 5) is 53.9. The lowest BCUT2D eigenvalue weighted by Crippen LogP contribution is -2.66. The Labute approximate surface area is 307 Å². The summed E-state index contributed by atoms with van der Waals surface area (Å²) in [5.41, 5.74) is 2.41. The van der Waals surface area contributed by atoms with Gasteiger partial charge < -0.3 is 20.4 Å². The van der Waals surface area contributed by atoms with Crippen LogP contribution in [0.15, 0.2) is 42.7 Å². The molecule has 7 rings (SSSR count). The van der Waals surface area contributed by atoms with Crippen LogP contribution in [0.4, 0.5) is 16.6 Å². The molecule has 4 aliphatic heterocycles. The highest BCUT2D eigenvalue weighted by atomic mass is 35.5. The third-order valence-electron chi connectivity index (χ3n) is 10.6. The number of piperidine rings is 2. The van der Waals surface area contributed by atoms with E-state index in [2.05, 4.69) is 53.2 Å². The molecule has 0 aliphatic carbocycles. The van der Waals surface area contributed by atoms with Gasteiger partial charge in [0.15, 0.2) is 5.13 Å². The second-order valence-corrected chi connectivity index (χ2v) is 15.6. The van der Waals surface area contributed by atoms with Crippen molar-refractivity contribution in [1.82, 2.24) is 35.7 Å². The number of nitrogens with one attached hydrogen (secondary N) is 5. The molecule has 5 N–H and O–H groups in total. The lowest BCUT2D eigenvalue weighted by atomic mass is 9.91. The minimum atomic E-state index is -0.299. The lowest BCUT2D eigenvalue weighted by molar-refractivity contribution is -0.134. The number of benzene rings is 1. The largest absolute Gasteiger partial charge is 0.357 e. The predicted molar refractivity (Wildman–Crippen MR) is 200 cm³/mol. The number of aromatic nitrogens is 2. The molecule has 13 nitrogen and oxygen atoms in total. The van der Waals surface area contributed by atoms with Crippen molar-refractivity contribution in [1.29, 1.82) is 0 Å². The maximum absolute atomic E-state index is 12.9. The number of hydrogen-bond donors (Lipinski definition) is 5. The maximum atomic E-state index is 12.9. The Morgan fingerprint density at radius 1 is 1.00 bits per heavy atom. The molecule has 4 fully saturated rings. The summed E-state index contributed by atoms with van der Waals surface area (Å²) >= 11 is 7.65. The smallest absolute Gasteiger partial charge is 0.267 e. The molecule has 1 aromatic carbocycles. The maximum Gasteiger partial charge on any atom is 0.267 e. The Morgan fingerprint density at radius 2 is 1.80 bits per heavy atom. The third kappa shape index (κ3) is 8.70. The number of hydrogen-bond acceptors (Lipinski definition) is 12. The predicted octanol–water partition coefficient (Wildman–Crippen LogP) is 3.80. The van der Waals surface area contributed by atoms with E-state index in [4.69, 9.17) is 16.6 Å². The van der Waals surface area contributed by atoms with Gasteiger partial charge in [-0.2, -0.15) is 0 Å². The molecule has 0 saturated carbocycles. The van der Waals surface area contributed by atoms with Crippen LogP contribution < -0.4 is 31.5 Å². The number of piperazine rings is 1. The number of thiazole rings is 1. The van der Waals surface area contributed by atoms with Crippen molar-refractivity contribution < 1.29 is 14.4 Å². The molecule has 4 saturated heterocycles. The number of imide groups is 1. The van der Waals surface area contributed by atoms with Crippen LogP contribution in [0.3, 0.4) is 0 Å². The first kappa shape index (κ1) is 35.7. The Hall–Kier alpha value is -3.66. The van der Waals surface area contributed by atoms with Gasteiger partial charge in [0, 0.05) is 64.9 Å². The molecule has 0 spiro atoms. The SMILES string of the molecule is Cc1cccc(Cl)c1NC(=O)c1cnc(NC2CC(N3CCN(CC4CCN(c5ccc(C6CCC(=O)NC6=O)cn5)CC4)CC3)NC(C)N2)s1. The molecule has 0 radical (unpaired) electrons. The zero-order valence-corrected chi connectivity index (χ0v) is 30.7. The van der Waals surface area contributed by atoms with Crippen LogP contribution in [-0.4, -0.2) is 102 Å². The summed E-state index contributed by atoms with van der Waals surface area (Å²) in [5.74, 6) is 0.686. The summed E-state index contributed by atoms with van der Waals surface area (Å²) in [6.45, 7) is 11.3. The van der Waals surface area contributed by atoms with Gasteiger partial charge in [-0.1, -0.05) is 41.1 Å². The Bertz CT molecular complexity index is 1690. The van der Waals surface area contributed by atoms with E-state index in [1.807, 2.05) is 31.2 Å². The van der Waals surface area contributed by atoms with E-state index < -0.39 is 0 Å². The molecular formula is C36H47ClN10O3S. The fraction of sp³-hybridized carbons (Fsp3) is 0.528. The number of halogens is 1. The van der Waals surface area contributed by atoms with Gasteiger partial charge in [0.2, 0.25) is 11.8 Å². The van der Waals surface area contributed by atoms with Crippen LogP contribution in [0.1, 0.15) is 65.7 Å². The zero-order chi connectivity index (χ0) is 35.5. The second kappa shape index (κ2) is 15.9. The highest BCUT2D eigenvalue weighted by Gasteiger charge is 2.33. The fourth-order valence-electron chi connectivity index (χ4n) is 7.68. The molecule has 6 heterocycles. The molecule has 15 heteroatoms. The highest BCUT2D eigenvalue weighted by Crippen LogP contribution is 2.29. The molecule has 4 atom stereocenters. The monoisotopic (exact) mass is 734 g/mol. The van der Waals surface area contributed by atoms with Gasteiger partial charge in [0.1, 0.15) is 10.7 Å². The van der Waals surface area contributed by atoms with Gasteiger partial charge in [-0.3, -0.25) is 35.2 Å². The minimum Gasteiger partial charge on any atom is -0.357 e. The Morgan fingerprint density at radius 3 is 2.53 bits per heavy atom. The van der Waals surface area contributed by atoms with Crippen LogP contribution in [0.2, 0.25) is 5.02 Å². The topological polar surface area (TPSA) is 147 Å². The lowest BCUT2D eigenvalue weighted by Gasteiger charge is -2.45. The number of anilines is 3. The van der Waals surface area contributed by atoms with E-state index in [1.54, 1.807) is 18.5 Å². The molecule has 4 unspecified atom stereocenters. The molecule has 3 amide bonds. The summed E-state index contributed by atoms with van der Waals surface area (Å²) in [6, 6.07) is 9.56. The molecule has 51 heavy (non-hydrogen) atoms. The first-order chi connectivity index (χ1) is 24.7. The van der Waals surface area contributed by atoms with E-state index in [0.717, 1.165) is 82.0 Å². The zero-order valence-electron chi connectivity index (χ0n) is 29.2. The fourth-order valence-corrected chi connectivity index (χ4v) is 8.72. The average molecular weight is 735 g/mol. The minimum absolute atomic E-state index is 0.0189. The third-order valence-corrected chi connectivity index (χ3v) is 11.8. The normalized spacial score (nSPS) is 25.4. The van der Waals surface area contributed by atoms with Gasteiger partial charge >= 0.3 is 0 Å². The molecular weight excluding hydrogens is 688 g/mol. The average Bonchev–Trinajstić information content (AvgIpc) is 3.59. The first-order valence-electron chi connectivity index (χ1n) is 18.0. The van der Waals surface area contributed by atoms with E-state index in [9.17, 15) is 14.4 Å². The number of pyridine rings is 1. The van der Waals surface area contributed by atoms with Gasteiger partial charge in [0.25, 0.3) is 5.91 Å². The van der Waals surface area contributed by atoms with E-state index in [-0.39, 0.29) is 42.1 Å². The van der Waals surface area contributed by atoms with Gasteiger partial charge in [-0.05, 0) is 62.3 Å². The number of amides is 3. The van der Waals surface area contributed by atoms with Crippen molar-refractivity contribution in [2.45, 2.75) is 70.4 Å². The van der Waals surface area contributed by atoms with Crippen LogP contribution in [0.5, 0.6) is 0 Å². The number of aryl methyl sites for hydroxylation is 1. The molecule has 272 valence electrons. The Kier molecular flexibility index (Phi) is 11.2. The van der Waals surface area contributed by atoms with Crippen LogP contribution >= 0.6 is 22.9 Å². The number of para-hydroxylation sites is 1. The molecule has 0 bridgehead atoms. The second-order valence-electron chi connectivity index (χ2n) is 14.1. The van der Waals surface area contributed by atoms with Gasteiger partial charge in [0.05, 0.1) is 41.3 Å². The van der Waals surface area contributed by atoms with Crippen molar-refractivity contribution in [3.8, 4) is 0 Å². The first-order valence-corrected chi connectivity index (χ1v) is 19.2. The van der Waals surface area contributed by atoms with E-state index in [1.165, 1.54) is 11.3 Å². The van der Waals surface area contributed by atoms with Crippen molar-refractivity contribution in [3.05, 3.63) is 63.8 Å². The van der Waals surface area contributed by atoms with Gasteiger partial charge in [-0.15, -0.1) is 0 Å². The van der Waals surface area contributed by atoms with Crippen molar-refractivity contribution in [2.24, 2.45) is 5.92 Å². The quantitative estimate of drug-likeness (QED) is 0.205. The standard InChI is InChI=1S/C36H47ClN10O3S/c1-22-4-3-5-27(37)33(22)44-35(50)28-20-39-36(51-28)42-29-18-31(41-23(2)40-29)47-16-14-45(15-17-47)21-24-10-12-46(13-11-24)30-8-6-25(19-38-30)26-7-9-32(48)43-34(26)49/h3-6,8,19-20,23-24,26,29,31,40-41H,7,9-18,21H2,1-2H3,(H,39,42)(H,44,50)(H,43,48,49). The van der Waals surface area contributed by atoms with Crippen LogP contribution in [-0.2, 0) is 9.59 Å². The molecule has 3 aromatic rings. The van der Waals surface area contributed by atoms with E-state index >= 15 is 0 Å². The number of carbonyl (C=O) groups excluding carboxylic acids is 3. The number of rotatable bonds is 9. The summed E-state index contributed by atoms with van der Waals surface area (Å²) in [7, 11) is 0. The summed E-state index contributed by atoms with van der Waals surface area (Å²) in [5, 5.41) is 17.4. The number of carbonyl (C=O) groups is 3. The van der Waals surface area contributed by atoms with Crippen molar-refractivity contribution in [3.63, 3.8) is 0 Å². The van der Waals surface area contributed by atoms with Gasteiger partial charge in [-0.25, -0.2) is 9.97 Å². The molecule has 4 aliphatic rings. The summed E-state index contributed by atoms with van der Waals surface area (Å²) < 4.78 is 0. The highest BCUT2D eigenvalue weighted by molar-refractivity contribution is 7.17. The summed E-state index contributed by atoms with van der Waals surface area (Å²) in [6.07, 6.45) is 7.85. The van der Waals surface area contributed by atoms with Crippen LogP contribution in [0.25, 0.3) is 0 Å². The Balaban J connectivity index is 0.840. The van der Waals surface area contributed by atoms with Crippen molar-refractivity contribution >= 4 is 57.3 Å². The molecule has 2 aromatic heterocycles. The van der Waals surface area contributed by atoms with Crippen LogP contribution in [0, 0.1) is 12.8 Å². The van der Waals surface area contributed by atoms with E-state index in [0.29, 0.717) is 39.5 Å². The number of nitrogens with zero attached hydrogens (tertiary/aromatic N) is 5. The van der Waals surface area contributed by atoms with Crippen molar-refractivity contribution in [2.75, 3.05) is 61.3 Å².